The summed E-state index contributed by atoms with van der Waals surface area (Å²) < 4.78 is 27.6. The Bertz CT molecular complexity index is 1510. The fourth-order valence-electron chi connectivity index (χ4n) is 3.84. The highest BCUT2D eigenvalue weighted by atomic mass is 32.1. The van der Waals surface area contributed by atoms with Crippen LogP contribution in [0.4, 0.5) is 4.39 Å². The van der Waals surface area contributed by atoms with Gasteiger partial charge in [-0.3, -0.25) is 0 Å². The second-order valence-electron chi connectivity index (χ2n) is 7.82. The average molecular weight is 488 g/mol. The Balaban J connectivity index is 1.58. The third-order valence-corrected chi connectivity index (χ3v) is 6.51. The van der Waals surface area contributed by atoms with Gasteiger partial charge in [0.2, 0.25) is 0 Å². The summed E-state index contributed by atoms with van der Waals surface area (Å²) in [6.45, 7) is 4.25. The van der Waals surface area contributed by atoms with E-state index in [1.54, 1.807) is 29.6 Å². The SMILES string of the molecule is CCOC(=O)c1sc(-c2c(C)nn3ccc(OCc4ccccc4)cc23)nc1-c1ccccc1F. The second-order valence-corrected chi connectivity index (χ2v) is 8.82. The minimum atomic E-state index is -0.532. The van der Waals surface area contributed by atoms with Crippen LogP contribution < -0.4 is 4.74 Å². The molecule has 2 aromatic carbocycles. The van der Waals surface area contributed by atoms with Crippen molar-refractivity contribution in [3.8, 4) is 27.6 Å². The maximum absolute atomic E-state index is 14.6. The van der Waals surface area contributed by atoms with Gasteiger partial charge in [-0.05, 0) is 37.6 Å². The first-order chi connectivity index (χ1) is 17.0. The molecule has 0 fully saturated rings. The Morgan fingerprint density at radius 3 is 2.63 bits per heavy atom. The minimum Gasteiger partial charge on any atom is -0.489 e. The number of pyridine rings is 1. The van der Waals surface area contributed by atoms with Crippen molar-refractivity contribution in [2.45, 2.75) is 20.5 Å². The number of aromatic nitrogens is 3. The van der Waals surface area contributed by atoms with Gasteiger partial charge in [-0.2, -0.15) is 5.10 Å². The molecule has 0 aliphatic rings. The van der Waals surface area contributed by atoms with Crippen LogP contribution in [-0.4, -0.2) is 27.2 Å². The molecular formula is C27H22FN3O3S. The van der Waals surface area contributed by atoms with Crippen molar-refractivity contribution in [3.63, 3.8) is 0 Å². The molecule has 0 saturated heterocycles. The van der Waals surface area contributed by atoms with Gasteiger partial charge < -0.3 is 9.47 Å². The second kappa shape index (κ2) is 9.68. The van der Waals surface area contributed by atoms with Crippen LogP contribution in [0.3, 0.4) is 0 Å². The Hall–Kier alpha value is -4.04. The van der Waals surface area contributed by atoms with E-state index in [1.165, 1.54) is 17.4 Å². The highest BCUT2D eigenvalue weighted by Gasteiger charge is 2.25. The van der Waals surface area contributed by atoms with E-state index in [-0.39, 0.29) is 22.7 Å². The van der Waals surface area contributed by atoms with Crippen molar-refractivity contribution >= 4 is 22.8 Å². The van der Waals surface area contributed by atoms with Crippen LogP contribution in [0, 0.1) is 12.7 Å². The molecule has 0 spiro atoms. The summed E-state index contributed by atoms with van der Waals surface area (Å²) >= 11 is 1.17. The maximum Gasteiger partial charge on any atom is 0.350 e. The molecule has 0 unspecified atom stereocenters. The van der Waals surface area contributed by atoms with Gasteiger partial charge >= 0.3 is 5.97 Å². The monoisotopic (exact) mass is 487 g/mol. The Morgan fingerprint density at radius 1 is 1.09 bits per heavy atom. The van der Waals surface area contributed by atoms with Gasteiger partial charge in [0, 0.05) is 17.8 Å². The van der Waals surface area contributed by atoms with Crippen molar-refractivity contribution in [2.75, 3.05) is 6.61 Å². The zero-order valence-electron chi connectivity index (χ0n) is 19.2. The number of hydrogen-bond acceptors (Lipinski definition) is 6. The lowest BCUT2D eigenvalue weighted by Gasteiger charge is -2.07. The lowest BCUT2D eigenvalue weighted by molar-refractivity contribution is 0.0532. The third kappa shape index (κ3) is 4.52. The number of halogens is 1. The van der Waals surface area contributed by atoms with Crippen molar-refractivity contribution < 1.29 is 18.7 Å². The Labute approximate surface area is 205 Å². The smallest absolute Gasteiger partial charge is 0.350 e. The number of carbonyl (C=O) groups is 1. The van der Waals surface area contributed by atoms with Crippen LogP contribution in [0.1, 0.15) is 27.9 Å². The molecule has 6 nitrogen and oxygen atoms in total. The van der Waals surface area contributed by atoms with Crippen molar-refractivity contribution in [1.29, 1.82) is 0 Å². The topological polar surface area (TPSA) is 65.7 Å². The van der Waals surface area contributed by atoms with E-state index in [9.17, 15) is 9.18 Å². The van der Waals surface area contributed by atoms with Crippen LogP contribution in [0.2, 0.25) is 0 Å². The zero-order chi connectivity index (χ0) is 24.4. The third-order valence-electron chi connectivity index (χ3n) is 5.46. The molecule has 0 aliphatic carbocycles. The summed E-state index contributed by atoms with van der Waals surface area (Å²) in [5, 5.41) is 5.15. The van der Waals surface area contributed by atoms with Crippen LogP contribution >= 0.6 is 11.3 Å². The van der Waals surface area contributed by atoms with Gasteiger partial charge in [0.1, 0.15) is 28.1 Å². The van der Waals surface area contributed by atoms with E-state index in [4.69, 9.17) is 14.5 Å². The van der Waals surface area contributed by atoms with E-state index in [0.717, 1.165) is 22.3 Å². The molecule has 3 heterocycles. The largest absolute Gasteiger partial charge is 0.489 e. The molecule has 5 aromatic rings. The number of carbonyl (C=O) groups excluding carboxylic acids is 1. The first-order valence-corrected chi connectivity index (χ1v) is 12.0. The predicted octanol–water partition coefficient (Wildman–Crippen LogP) is 6.33. The summed E-state index contributed by atoms with van der Waals surface area (Å²) in [6, 6.07) is 19.9. The molecule has 0 atom stereocenters. The van der Waals surface area contributed by atoms with Gasteiger partial charge in [-0.15, -0.1) is 11.3 Å². The summed E-state index contributed by atoms with van der Waals surface area (Å²) in [6.07, 6.45) is 1.82. The fourth-order valence-corrected chi connectivity index (χ4v) is 4.92. The van der Waals surface area contributed by atoms with E-state index < -0.39 is 11.8 Å². The summed E-state index contributed by atoms with van der Waals surface area (Å²) in [4.78, 5) is 17.7. The molecule has 8 heteroatoms. The average Bonchev–Trinajstić information content (AvgIpc) is 3.44. The van der Waals surface area contributed by atoms with Crippen LogP contribution in [0.25, 0.3) is 27.3 Å². The highest BCUT2D eigenvalue weighted by Crippen LogP contribution is 2.39. The number of ether oxygens (including phenoxy) is 2. The van der Waals surface area contributed by atoms with Gasteiger partial charge in [0.05, 0.1) is 29.1 Å². The van der Waals surface area contributed by atoms with Crippen molar-refractivity contribution in [1.82, 2.24) is 14.6 Å². The molecule has 3 aromatic heterocycles. The zero-order valence-corrected chi connectivity index (χ0v) is 20.0. The molecule has 0 aliphatic heterocycles. The number of benzene rings is 2. The lowest BCUT2D eigenvalue weighted by Crippen LogP contribution is -2.04. The van der Waals surface area contributed by atoms with E-state index in [2.05, 4.69) is 5.10 Å². The van der Waals surface area contributed by atoms with Gasteiger partial charge in [-0.25, -0.2) is 18.7 Å². The van der Waals surface area contributed by atoms with Crippen LogP contribution in [0.5, 0.6) is 5.75 Å². The number of aryl methyl sites for hydroxylation is 1. The normalized spacial score (nSPS) is 11.1. The number of hydrogen-bond donors (Lipinski definition) is 0. The number of rotatable bonds is 7. The molecule has 0 bridgehead atoms. The van der Waals surface area contributed by atoms with Crippen LogP contribution in [0.15, 0.2) is 72.9 Å². The molecule has 176 valence electrons. The lowest BCUT2D eigenvalue weighted by atomic mass is 10.1. The van der Waals surface area contributed by atoms with E-state index >= 15 is 0 Å². The van der Waals surface area contributed by atoms with Crippen molar-refractivity contribution in [2.24, 2.45) is 0 Å². The van der Waals surface area contributed by atoms with E-state index in [1.807, 2.05) is 55.6 Å². The van der Waals surface area contributed by atoms with Gasteiger partial charge in [0.25, 0.3) is 0 Å². The Morgan fingerprint density at radius 2 is 1.86 bits per heavy atom. The molecule has 5 rings (SSSR count). The summed E-state index contributed by atoms with van der Waals surface area (Å²) in [5.41, 5.74) is 3.83. The number of fused-ring (bicyclic) bond motifs is 1. The Kier molecular flexibility index (Phi) is 6.29. The number of esters is 1. The predicted molar refractivity (Wildman–Crippen MR) is 133 cm³/mol. The van der Waals surface area contributed by atoms with Crippen molar-refractivity contribution in [3.05, 3.63) is 94.9 Å². The minimum absolute atomic E-state index is 0.209. The molecular weight excluding hydrogens is 465 g/mol. The van der Waals surface area contributed by atoms with Crippen LogP contribution in [-0.2, 0) is 11.3 Å². The first-order valence-electron chi connectivity index (χ1n) is 11.1. The summed E-state index contributed by atoms with van der Waals surface area (Å²) in [5.74, 6) is -0.308. The van der Waals surface area contributed by atoms with E-state index in [0.29, 0.717) is 17.4 Å². The quantitative estimate of drug-likeness (QED) is 0.251. The standard InChI is InChI=1S/C27H22FN3O3S/c1-3-33-27(32)25-24(20-11-7-8-12-21(20)28)29-26(35-25)23-17(2)30-31-14-13-19(15-22(23)31)34-16-18-9-5-4-6-10-18/h4-15H,3,16H2,1-2H3. The number of nitrogens with zero attached hydrogens (tertiary/aromatic N) is 3. The molecule has 0 saturated carbocycles. The molecule has 0 radical (unpaired) electrons. The molecule has 0 N–H and O–H groups in total. The van der Waals surface area contributed by atoms with Gasteiger partial charge in [-0.1, -0.05) is 42.5 Å². The molecule has 35 heavy (non-hydrogen) atoms. The first kappa shape index (κ1) is 22.7. The maximum atomic E-state index is 14.6. The molecule has 0 amide bonds. The highest BCUT2D eigenvalue weighted by molar-refractivity contribution is 7.17. The number of thiazole rings is 1. The fraction of sp³-hybridized carbons (Fsp3) is 0.148. The van der Waals surface area contributed by atoms with Gasteiger partial charge in [0.15, 0.2) is 0 Å². The summed E-state index contributed by atoms with van der Waals surface area (Å²) in [7, 11) is 0.